The Kier molecular flexibility index (Phi) is 5.80. The van der Waals surface area contributed by atoms with Gasteiger partial charge in [-0.2, -0.15) is 0 Å². The Balaban J connectivity index is 1.60. The molecule has 0 saturated carbocycles. The minimum Gasteiger partial charge on any atom is -0.494 e. The van der Waals surface area contributed by atoms with E-state index in [1.807, 2.05) is 86.6 Å². The van der Waals surface area contributed by atoms with Crippen molar-refractivity contribution < 1.29 is 9.53 Å². The highest BCUT2D eigenvalue weighted by Gasteiger charge is 2.34. The van der Waals surface area contributed by atoms with Gasteiger partial charge >= 0.3 is 0 Å². The van der Waals surface area contributed by atoms with Crippen LogP contribution in [0.25, 0.3) is 11.0 Å². The molecule has 1 atom stereocenters. The topological polar surface area (TPSA) is 68.2 Å². The number of nitrogens with one attached hydrogen (secondary N) is 2. The van der Waals surface area contributed by atoms with Crippen LogP contribution in [-0.2, 0) is 11.2 Å². The number of imidazole rings is 1. The lowest BCUT2D eigenvalue weighted by atomic mass is 9.94. The number of allylic oxidation sites excluding steroid dienone is 1. The van der Waals surface area contributed by atoms with Crippen LogP contribution in [0, 0.1) is 0 Å². The summed E-state index contributed by atoms with van der Waals surface area (Å²) in [5, 5.41) is 6.46. The van der Waals surface area contributed by atoms with Gasteiger partial charge in [-0.25, -0.2) is 4.98 Å². The number of para-hydroxylation sites is 2. The van der Waals surface area contributed by atoms with Gasteiger partial charge < -0.3 is 15.4 Å². The first kappa shape index (κ1) is 21.8. The number of benzene rings is 3. The molecule has 4 aromatic rings. The van der Waals surface area contributed by atoms with E-state index < -0.39 is 0 Å². The number of fused-ring (bicyclic) bond motifs is 3. The number of aryl methyl sites for hydroxylation is 1. The van der Waals surface area contributed by atoms with E-state index in [0.29, 0.717) is 12.2 Å². The Bertz CT molecular complexity index is 1370. The maximum absolute atomic E-state index is 13.7. The molecule has 1 unspecified atom stereocenters. The smallest absolute Gasteiger partial charge is 0.255 e. The number of aromatic nitrogens is 2. The first-order valence-electron chi connectivity index (χ1n) is 11.7. The van der Waals surface area contributed by atoms with Crippen LogP contribution < -0.4 is 15.4 Å². The number of ether oxygens (including phenoxy) is 1. The predicted octanol–water partition coefficient (Wildman–Crippen LogP) is 5.93. The Labute approximate surface area is 199 Å². The van der Waals surface area contributed by atoms with E-state index >= 15 is 0 Å². The Hall–Kier alpha value is -4.06. The molecule has 172 valence electrons. The lowest BCUT2D eigenvalue weighted by Crippen LogP contribution is -2.30. The van der Waals surface area contributed by atoms with Crippen LogP contribution >= 0.6 is 0 Å². The Morgan fingerprint density at radius 2 is 1.76 bits per heavy atom. The van der Waals surface area contributed by atoms with Gasteiger partial charge in [-0.1, -0.05) is 43.3 Å². The van der Waals surface area contributed by atoms with Crippen LogP contribution in [0.3, 0.4) is 0 Å². The molecule has 1 amide bonds. The van der Waals surface area contributed by atoms with Gasteiger partial charge in [-0.3, -0.25) is 9.36 Å². The minimum atomic E-state index is -0.339. The molecular weight excluding hydrogens is 424 g/mol. The van der Waals surface area contributed by atoms with E-state index in [4.69, 9.17) is 9.72 Å². The summed E-state index contributed by atoms with van der Waals surface area (Å²) in [5.41, 5.74) is 6.27. The normalized spacial score (nSPS) is 15.1. The third-order valence-electron chi connectivity index (χ3n) is 6.20. The summed E-state index contributed by atoms with van der Waals surface area (Å²) in [7, 11) is 0. The van der Waals surface area contributed by atoms with Gasteiger partial charge in [0.25, 0.3) is 5.91 Å². The summed E-state index contributed by atoms with van der Waals surface area (Å²) in [6, 6.07) is 23.6. The molecule has 1 aromatic heterocycles. The largest absolute Gasteiger partial charge is 0.494 e. The monoisotopic (exact) mass is 452 g/mol. The van der Waals surface area contributed by atoms with Crippen LogP contribution in [0.5, 0.6) is 5.75 Å². The molecule has 2 heterocycles. The molecule has 6 heteroatoms. The van der Waals surface area contributed by atoms with Gasteiger partial charge in [-0.05, 0) is 67.8 Å². The van der Waals surface area contributed by atoms with E-state index in [0.717, 1.165) is 46.1 Å². The van der Waals surface area contributed by atoms with Gasteiger partial charge in [0.15, 0.2) is 0 Å². The fraction of sp³-hybridized carbons (Fsp3) is 0.214. The highest BCUT2D eigenvalue weighted by molar-refractivity contribution is 6.06. The van der Waals surface area contributed by atoms with Gasteiger partial charge in [0.05, 0.1) is 29.3 Å². The third kappa shape index (κ3) is 3.92. The fourth-order valence-corrected chi connectivity index (χ4v) is 4.51. The number of carbonyl (C=O) groups excluding carboxylic acids is 1. The SMILES string of the molecule is CCOc1ccc(C2C(C(=O)Nc3ccc(CC)cc3)=C(C)Nc3nc4ccccc4n32)cc1. The molecule has 0 aliphatic carbocycles. The second kappa shape index (κ2) is 9.06. The first-order chi connectivity index (χ1) is 16.6. The molecule has 1 aliphatic heterocycles. The van der Waals surface area contributed by atoms with Crippen molar-refractivity contribution in [1.29, 1.82) is 0 Å². The van der Waals surface area contributed by atoms with Crippen molar-refractivity contribution in [3.05, 3.63) is 95.2 Å². The second-order valence-corrected chi connectivity index (χ2v) is 8.37. The number of carbonyl (C=O) groups is 1. The molecule has 0 fully saturated rings. The molecule has 2 N–H and O–H groups in total. The van der Waals surface area contributed by atoms with Crippen LogP contribution in [0.1, 0.15) is 37.9 Å². The number of anilines is 2. The molecule has 1 aliphatic rings. The van der Waals surface area contributed by atoms with E-state index in [2.05, 4.69) is 22.1 Å². The standard InChI is InChI=1S/C28H28N4O2/c1-4-19-10-14-21(15-11-19)30-27(33)25-18(3)29-28-31-23-8-6-7-9-24(23)32(28)26(25)20-12-16-22(17-13-20)34-5-2/h6-17,26H,4-5H2,1-3H3,(H,29,31)(H,30,33). The summed E-state index contributed by atoms with van der Waals surface area (Å²) in [4.78, 5) is 18.5. The Morgan fingerprint density at radius 1 is 1.03 bits per heavy atom. The third-order valence-corrected chi connectivity index (χ3v) is 6.20. The minimum absolute atomic E-state index is 0.142. The van der Waals surface area contributed by atoms with Crippen LogP contribution in [0.15, 0.2) is 84.1 Å². The van der Waals surface area contributed by atoms with E-state index in [-0.39, 0.29) is 11.9 Å². The number of hydrogen-bond acceptors (Lipinski definition) is 4. The van der Waals surface area contributed by atoms with Gasteiger partial charge in [0.1, 0.15) is 5.75 Å². The van der Waals surface area contributed by atoms with Crippen molar-refractivity contribution in [2.75, 3.05) is 17.2 Å². The second-order valence-electron chi connectivity index (χ2n) is 8.37. The summed E-state index contributed by atoms with van der Waals surface area (Å²) >= 11 is 0. The molecule has 6 nitrogen and oxygen atoms in total. The zero-order valence-corrected chi connectivity index (χ0v) is 19.6. The van der Waals surface area contributed by atoms with E-state index in [1.165, 1.54) is 5.56 Å². The van der Waals surface area contributed by atoms with Crippen LogP contribution in [0.2, 0.25) is 0 Å². The average molecular weight is 453 g/mol. The van der Waals surface area contributed by atoms with E-state index in [9.17, 15) is 4.79 Å². The lowest BCUT2D eigenvalue weighted by molar-refractivity contribution is -0.113. The molecule has 0 spiro atoms. The molecule has 3 aromatic carbocycles. The summed E-state index contributed by atoms with van der Waals surface area (Å²) < 4.78 is 7.75. The quantitative estimate of drug-likeness (QED) is 0.381. The highest BCUT2D eigenvalue weighted by atomic mass is 16.5. The summed E-state index contributed by atoms with van der Waals surface area (Å²) in [5.74, 6) is 1.39. The molecule has 5 rings (SSSR count). The van der Waals surface area contributed by atoms with Crippen molar-refractivity contribution in [2.24, 2.45) is 0 Å². The van der Waals surface area contributed by atoms with Crippen LogP contribution in [0.4, 0.5) is 11.6 Å². The van der Waals surface area contributed by atoms with E-state index in [1.54, 1.807) is 0 Å². The van der Waals surface area contributed by atoms with Gasteiger partial charge in [0, 0.05) is 11.4 Å². The average Bonchev–Trinajstić information content (AvgIpc) is 3.22. The number of hydrogen-bond donors (Lipinski definition) is 2. The molecule has 0 saturated heterocycles. The fourth-order valence-electron chi connectivity index (χ4n) is 4.51. The molecule has 0 radical (unpaired) electrons. The predicted molar refractivity (Wildman–Crippen MR) is 136 cm³/mol. The summed E-state index contributed by atoms with van der Waals surface area (Å²) in [6.45, 7) is 6.61. The van der Waals surface area contributed by atoms with Gasteiger partial charge in [-0.15, -0.1) is 0 Å². The Morgan fingerprint density at radius 3 is 2.47 bits per heavy atom. The maximum atomic E-state index is 13.7. The zero-order chi connectivity index (χ0) is 23.7. The highest BCUT2D eigenvalue weighted by Crippen LogP contribution is 2.39. The van der Waals surface area contributed by atoms with Crippen LogP contribution in [-0.4, -0.2) is 22.1 Å². The first-order valence-corrected chi connectivity index (χ1v) is 11.7. The van der Waals surface area contributed by atoms with Gasteiger partial charge in [0.2, 0.25) is 5.95 Å². The maximum Gasteiger partial charge on any atom is 0.255 e. The number of amides is 1. The number of nitrogens with zero attached hydrogens (tertiary/aromatic N) is 2. The van der Waals surface area contributed by atoms with Crippen molar-refractivity contribution in [2.45, 2.75) is 33.2 Å². The van der Waals surface area contributed by atoms with Crippen molar-refractivity contribution in [3.8, 4) is 5.75 Å². The lowest BCUT2D eigenvalue weighted by Gasteiger charge is -2.31. The van der Waals surface area contributed by atoms with Crippen molar-refractivity contribution in [1.82, 2.24) is 9.55 Å². The van der Waals surface area contributed by atoms with Crippen molar-refractivity contribution in [3.63, 3.8) is 0 Å². The summed E-state index contributed by atoms with van der Waals surface area (Å²) in [6.07, 6.45) is 0.957. The van der Waals surface area contributed by atoms with Crippen molar-refractivity contribution >= 4 is 28.6 Å². The molecular formula is C28H28N4O2. The number of rotatable bonds is 6. The molecule has 34 heavy (non-hydrogen) atoms. The molecule has 0 bridgehead atoms. The zero-order valence-electron chi connectivity index (χ0n) is 19.6.